The molecule has 1 aliphatic carbocycles. The number of alkyl halides is 3. The Kier molecular flexibility index (Phi) is 6.38. The molecule has 1 fully saturated rings. The van der Waals surface area contributed by atoms with E-state index in [-0.39, 0.29) is 16.5 Å². The molecule has 3 aromatic heterocycles. The maximum Gasteiger partial charge on any atom is 0.434 e. The van der Waals surface area contributed by atoms with Crippen LogP contribution in [0.1, 0.15) is 38.1 Å². The molecule has 0 aliphatic heterocycles. The highest BCUT2D eigenvalue weighted by Gasteiger charge is 2.35. The topological polar surface area (TPSA) is 110 Å². The number of aromatic nitrogens is 4. The van der Waals surface area contributed by atoms with Gasteiger partial charge in [0.2, 0.25) is 5.91 Å². The number of rotatable bonds is 7. The van der Waals surface area contributed by atoms with Crippen LogP contribution in [-0.4, -0.2) is 35.3 Å². The first-order chi connectivity index (χ1) is 15.9. The number of amides is 1. The van der Waals surface area contributed by atoms with Crippen molar-refractivity contribution in [1.82, 2.24) is 19.9 Å². The van der Waals surface area contributed by atoms with Gasteiger partial charge < -0.3 is 5.32 Å². The van der Waals surface area contributed by atoms with Crippen molar-refractivity contribution in [2.75, 3.05) is 10.0 Å². The lowest BCUT2D eigenvalue weighted by molar-refractivity contribution is -0.141. The fourth-order valence-electron chi connectivity index (χ4n) is 2.75. The highest BCUT2D eigenvalue weighted by Crippen LogP contribution is 2.32. The van der Waals surface area contributed by atoms with Crippen LogP contribution in [0.25, 0.3) is 11.3 Å². The van der Waals surface area contributed by atoms with E-state index in [1.54, 1.807) is 19.2 Å². The summed E-state index contributed by atoms with van der Waals surface area (Å²) in [6.45, 7) is 3.17. The molecule has 0 bridgehead atoms. The normalized spacial score (nSPS) is 15.1. The molecule has 180 valence electrons. The lowest BCUT2D eigenvalue weighted by Gasteiger charge is -2.21. The first kappa shape index (κ1) is 24.1. The monoisotopic (exact) mass is 514 g/mol. The Labute approximate surface area is 197 Å². The largest absolute Gasteiger partial charge is 0.434 e. The van der Waals surface area contributed by atoms with Crippen molar-refractivity contribution in [1.29, 1.82) is 0 Å². The third-order valence-corrected chi connectivity index (χ3v) is 7.38. The van der Waals surface area contributed by atoms with Crippen LogP contribution in [0, 0.1) is 5.82 Å². The lowest BCUT2D eigenvalue weighted by atomic mass is 9.89. The summed E-state index contributed by atoms with van der Waals surface area (Å²) < 4.78 is 68.1. The van der Waals surface area contributed by atoms with E-state index in [4.69, 9.17) is 0 Å². The molecule has 3 aromatic rings. The van der Waals surface area contributed by atoms with Crippen molar-refractivity contribution in [3.8, 4) is 11.3 Å². The molecule has 1 unspecified atom stereocenters. The van der Waals surface area contributed by atoms with E-state index in [2.05, 4.69) is 30.0 Å². The number of pyridine rings is 1. The Morgan fingerprint density at radius 3 is 2.53 bits per heavy atom. The minimum Gasteiger partial charge on any atom is -0.307 e. The van der Waals surface area contributed by atoms with Gasteiger partial charge in [0.15, 0.2) is 22.5 Å². The fourth-order valence-corrected chi connectivity index (χ4v) is 4.86. The summed E-state index contributed by atoms with van der Waals surface area (Å²) in [5, 5.41) is 4.56. The van der Waals surface area contributed by atoms with Crippen LogP contribution in [0.4, 0.5) is 28.5 Å². The average Bonchev–Trinajstić information content (AvgIpc) is 3.53. The van der Waals surface area contributed by atoms with Crippen LogP contribution >= 0.6 is 11.3 Å². The summed E-state index contributed by atoms with van der Waals surface area (Å²) in [4.78, 5) is 28.0. The molecular formula is C20H18F4N6O2S2. The molecule has 4 rings (SSSR count). The molecule has 1 saturated carbocycles. The number of thiazole rings is 1. The number of carbonyl (C=O) groups excluding carboxylic acids is 1. The maximum atomic E-state index is 14.6. The Morgan fingerprint density at radius 2 is 1.88 bits per heavy atom. The summed E-state index contributed by atoms with van der Waals surface area (Å²) in [5.41, 5.74) is -2.27. The van der Waals surface area contributed by atoms with E-state index >= 15 is 0 Å². The van der Waals surface area contributed by atoms with Gasteiger partial charge in [0.1, 0.15) is 11.0 Å². The van der Waals surface area contributed by atoms with Crippen molar-refractivity contribution in [3.63, 3.8) is 0 Å². The maximum absolute atomic E-state index is 14.6. The summed E-state index contributed by atoms with van der Waals surface area (Å²) in [6, 6.07) is 0.915. The molecule has 8 nitrogen and oxygen atoms in total. The quantitative estimate of drug-likeness (QED) is 0.455. The van der Waals surface area contributed by atoms with E-state index in [0.717, 1.165) is 31.3 Å². The molecule has 2 N–H and O–H groups in total. The fraction of sp³-hybridized carbons (Fsp3) is 0.350. The minimum atomic E-state index is -4.70. The number of hydrogen-bond donors (Lipinski definition) is 2. The van der Waals surface area contributed by atoms with Gasteiger partial charge in [0.25, 0.3) is 0 Å². The predicted molar refractivity (Wildman–Crippen MR) is 119 cm³/mol. The number of anilines is 2. The van der Waals surface area contributed by atoms with Gasteiger partial charge in [-0.2, -0.15) is 13.2 Å². The summed E-state index contributed by atoms with van der Waals surface area (Å²) >= 11 is 1.20. The summed E-state index contributed by atoms with van der Waals surface area (Å²) in [5.74, 6) is -1.96. The van der Waals surface area contributed by atoms with Crippen LogP contribution in [0.3, 0.4) is 0 Å². The summed E-state index contributed by atoms with van der Waals surface area (Å²) in [6.07, 6.45) is -0.211. The number of halogens is 4. The standard InChI is InChI=1S/C20H18F4N6O2S2/c1-19(2,15-9-33-18(28-15)30-34(32)11-3-4-11)17(31)29-16-12(21)5-10(6-26-16)13-7-25-8-14(27-13)20(22,23)24/h5-9,11H,3-4H2,1-2H3,(H,28,30)(H,26,29,31). The zero-order valence-corrected chi connectivity index (χ0v) is 19.4. The van der Waals surface area contributed by atoms with Gasteiger partial charge in [0.05, 0.1) is 34.4 Å². The summed E-state index contributed by atoms with van der Waals surface area (Å²) in [7, 11) is -1.23. The Morgan fingerprint density at radius 1 is 1.15 bits per heavy atom. The SMILES string of the molecule is CC(C)(C(=O)Nc1ncc(-c2cncc(C(F)(F)F)n2)cc1F)c1csc(NS(=O)C2CC2)n1. The van der Waals surface area contributed by atoms with Crippen molar-refractivity contribution < 1.29 is 26.6 Å². The number of nitrogens with zero attached hydrogens (tertiary/aromatic N) is 4. The van der Waals surface area contributed by atoms with Gasteiger partial charge in [-0.05, 0) is 32.8 Å². The van der Waals surface area contributed by atoms with Crippen molar-refractivity contribution in [2.45, 2.75) is 43.5 Å². The first-order valence-corrected chi connectivity index (χ1v) is 12.0. The highest BCUT2D eigenvalue weighted by atomic mass is 32.2. The molecule has 1 amide bonds. The molecule has 3 heterocycles. The van der Waals surface area contributed by atoms with Crippen molar-refractivity contribution in [3.05, 3.63) is 47.2 Å². The van der Waals surface area contributed by atoms with Crippen LogP contribution < -0.4 is 10.0 Å². The third-order valence-electron chi connectivity index (χ3n) is 5.02. The lowest BCUT2D eigenvalue weighted by Crippen LogP contribution is -2.35. The van der Waals surface area contributed by atoms with Gasteiger partial charge in [-0.25, -0.2) is 23.6 Å². The average molecular weight is 515 g/mol. The third kappa shape index (κ3) is 5.22. The Bertz CT molecular complexity index is 1260. The first-order valence-electron chi connectivity index (χ1n) is 9.95. The molecule has 0 radical (unpaired) electrons. The zero-order chi connectivity index (χ0) is 24.7. The van der Waals surface area contributed by atoms with Crippen LogP contribution in [0.15, 0.2) is 30.0 Å². The molecule has 34 heavy (non-hydrogen) atoms. The van der Waals surface area contributed by atoms with E-state index in [0.29, 0.717) is 17.0 Å². The van der Waals surface area contributed by atoms with Gasteiger partial charge in [-0.15, -0.1) is 11.3 Å². The number of carbonyl (C=O) groups is 1. The number of hydrogen-bond acceptors (Lipinski definition) is 7. The predicted octanol–water partition coefficient (Wildman–Crippen LogP) is 4.31. The molecule has 0 saturated heterocycles. The highest BCUT2D eigenvalue weighted by molar-refractivity contribution is 7.87. The van der Waals surface area contributed by atoms with Gasteiger partial charge in [-0.1, -0.05) is 0 Å². The smallest absolute Gasteiger partial charge is 0.307 e. The Hall–Kier alpha value is -3.00. The van der Waals surface area contributed by atoms with Gasteiger partial charge in [0, 0.05) is 17.1 Å². The molecule has 0 aromatic carbocycles. The van der Waals surface area contributed by atoms with Crippen molar-refractivity contribution >= 4 is 39.2 Å². The zero-order valence-electron chi connectivity index (χ0n) is 17.8. The van der Waals surface area contributed by atoms with E-state index in [9.17, 15) is 26.6 Å². The van der Waals surface area contributed by atoms with Crippen LogP contribution in [0.2, 0.25) is 0 Å². The molecule has 1 aliphatic rings. The van der Waals surface area contributed by atoms with E-state index in [1.807, 2.05) is 0 Å². The second-order valence-electron chi connectivity index (χ2n) is 8.06. The van der Waals surface area contributed by atoms with Crippen molar-refractivity contribution in [2.24, 2.45) is 0 Å². The van der Waals surface area contributed by atoms with E-state index in [1.165, 1.54) is 11.3 Å². The molecule has 1 atom stereocenters. The minimum absolute atomic E-state index is 0.0350. The second kappa shape index (κ2) is 8.98. The Balaban J connectivity index is 1.48. The molecule has 0 spiro atoms. The van der Waals surface area contributed by atoms with Gasteiger partial charge >= 0.3 is 6.18 Å². The number of nitrogens with one attached hydrogen (secondary N) is 2. The molecular weight excluding hydrogens is 496 g/mol. The second-order valence-corrected chi connectivity index (χ2v) is 10.4. The molecule has 14 heteroatoms. The van der Waals surface area contributed by atoms with Crippen LogP contribution in [-0.2, 0) is 27.4 Å². The van der Waals surface area contributed by atoms with E-state index < -0.39 is 45.8 Å². The van der Waals surface area contributed by atoms with Gasteiger partial charge in [-0.3, -0.25) is 14.5 Å². The van der Waals surface area contributed by atoms with Crippen LogP contribution in [0.5, 0.6) is 0 Å².